The van der Waals surface area contributed by atoms with Crippen LogP contribution in [0, 0.1) is 0 Å². The van der Waals surface area contributed by atoms with Crippen LogP contribution in [0.25, 0.3) is 0 Å². The number of aliphatic hydroxyl groups is 1. The predicted octanol–water partition coefficient (Wildman–Crippen LogP) is 0.327. The number of anilines is 1. The SMILES string of the molecule is Nc1ccc(CC(=O)NCCCOCCO)cc1. The molecule has 0 unspecified atom stereocenters. The van der Waals surface area contributed by atoms with Crippen molar-refractivity contribution in [1.82, 2.24) is 5.32 Å². The van der Waals surface area contributed by atoms with Crippen LogP contribution in [0.5, 0.6) is 0 Å². The van der Waals surface area contributed by atoms with Crippen LogP contribution in [0.2, 0.25) is 0 Å². The number of rotatable bonds is 8. The highest BCUT2D eigenvalue weighted by Crippen LogP contribution is 2.05. The number of nitrogen functional groups attached to an aromatic ring is 1. The average Bonchev–Trinajstić information content (AvgIpc) is 2.36. The second-order valence-electron chi connectivity index (χ2n) is 3.96. The molecule has 0 heterocycles. The number of nitrogens with two attached hydrogens (primary N) is 1. The molecule has 0 aliphatic carbocycles. The third-order valence-corrected chi connectivity index (χ3v) is 2.37. The van der Waals surface area contributed by atoms with Crippen LogP contribution >= 0.6 is 0 Å². The van der Waals surface area contributed by atoms with Crippen molar-refractivity contribution in [1.29, 1.82) is 0 Å². The van der Waals surface area contributed by atoms with E-state index < -0.39 is 0 Å². The van der Waals surface area contributed by atoms with Crippen LogP contribution in [0.1, 0.15) is 12.0 Å². The second kappa shape index (κ2) is 8.49. The van der Waals surface area contributed by atoms with Gasteiger partial charge in [-0.15, -0.1) is 0 Å². The van der Waals surface area contributed by atoms with Crippen LogP contribution in [-0.4, -0.2) is 37.4 Å². The van der Waals surface area contributed by atoms with Gasteiger partial charge in [-0.05, 0) is 24.1 Å². The molecule has 0 spiro atoms. The molecule has 0 fully saturated rings. The number of carbonyl (C=O) groups excluding carboxylic acids is 1. The molecular formula is C13H20N2O3. The van der Waals surface area contributed by atoms with Gasteiger partial charge in [0, 0.05) is 18.8 Å². The molecule has 0 bridgehead atoms. The van der Waals surface area contributed by atoms with E-state index in [-0.39, 0.29) is 12.5 Å². The van der Waals surface area contributed by atoms with Crippen molar-refractivity contribution in [3.63, 3.8) is 0 Å². The molecule has 0 aliphatic heterocycles. The van der Waals surface area contributed by atoms with Crippen molar-refractivity contribution < 1.29 is 14.6 Å². The van der Waals surface area contributed by atoms with Gasteiger partial charge in [0.25, 0.3) is 0 Å². The van der Waals surface area contributed by atoms with E-state index in [1.165, 1.54) is 0 Å². The summed E-state index contributed by atoms with van der Waals surface area (Å²) >= 11 is 0. The Hall–Kier alpha value is -1.59. The first-order chi connectivity index (χ1) is 8.72. The highest BCUT2D eigenvalue weighted by molar-refractivity contribution is 5.78. The Morgan fingerprint density at radius 1 is 1.28 bits per heavy atom. The average molecular weight is 252 g/mol. The largest absolute Gasteiger partial charge is 0.399 e. The summed E-state index contributed by atoms with van der Waals surface area (Å²) in [4.78, 5) is 11.6. The zero-order valence-electron chi connectivity index (χ0n) is 10.4. The molecule has 0 saturated heterocycles. The lowest BCUT2D eigenvalue weighted by atomic mass is 10.1. The molecule has 0 saturated carbocycles. The number of aliphatic hydroxyl groups excluding tert-OH is 1. The van der Waals surface area contributed by atoms with Gasteiger partial charge in [0.1, 0.15) is 0 Å². The van der Waals surface area contributed by atoms with E-state index >= 15 is 0 Å². The van der Waals surface area contributed by atoms with Gasteiger partial charge in [-0.3, -0.25) is 4.79 Å². The van der Waals surface area contributed by atoms with E-state index in [0.717, 1.165) is 12.0 Å². The lowest BCUT2D eigenvalue weighted by molar-refractivity contribution is -0.120. The molecule has 1 rings (SSSR count). The van der Waals surface area contributed by atoms with E-state index in [1.54, 1.807) is 12.1 Å². The summed E-state index contributed by atoms with van der Waals surface area (Å²) in [5.41, 5.74) is 7.20. The Morgan fingerprint density at radius 2 is 2.00 bits per heavy atom. The monoisotopic (exact) mass is 252 g/mol. The normalized spacial score (nSPS) is 10.3. The van der Waals surface area contributed by atoms with Crippen LogP contribution in [-0.2, 0) is 16.0 Å². The van der Waals surface area contributed by atoms with Crippen LogP contribution in [0.3, 0.4) is 0 Å². The first-order valence-electron chi connectivity index (χ1n) is 6.02. The summed E-state index contributed by atoms with van der Waals surface area (Å²) in [6.45, 7) is 1.50. The number of amides is 1. The summed E-state index contributed by atoms with van der Waals surface area (Å²) in [6, 6.07) is 7.26. The molecule has 1 aromatic rings. The van der Waals surface area contributed by atoms with Crippen molar-refractivity contribution in [3.05, 3.63) is 29.8 Å². The number of nitrogens with one attached hydrogen (secondary N) is 1. The molecule has 5 nitrogen and oxygen atoms in total. The summed E-state index contributed by atoms with van der Waals surface area (Å²) in [5.74, 6) is -0.0121. The third-order valence-electron chi connectivity index (χ3n) is 2.37. The van der Waals surface area contributed by atoms with Crippen molar-refractivity contribution in [2.45, 2.75) is 12.8 Å². The van der Waals surface area contributed by atoms with Gasteiger partial charge in [0.15, 0.2) is 0 Å². The van der Waals surface area contributed by atoms with Gasteiger partial charge in [-0.2, -0.15) is 0 Å². The molecule has 0 atom stereocenters. The molecule has 1 amide bonds. The fourth-order valence-corrected chi connectivity index (χ4v) is 1.45. The highest BCUT2D eigenvalue weighted by Gasteiger charge is 2.02. The molecule has 0 aromatic heterocycles. The van der Waals surface area contributed by atoms with E-state index in [1.807, 2.05) is 12.1 Å². The van der Waals surface area contributed by atoms with Crippen molar-refractivity contribution in [2.24, 2.45) is 0 Å². The quantitative estimate of drug-likeness (QED) is 0.460. The van der Waals surface area contributed by atoms with Crippen LogP contribution < -0.4 is 11.1 Å². The molecule has 4 N–H and O–H groups in total. The highest BCUT2D eigenvalue weighted by atomic mass is 16.5. The second-order valence-corrected chi connectivity index (χ2v) is 3.96. The third kappa shape index (κ3) is 6.22. The zero-order chi connectivity index (χ0) is 13.2. The number of hydrogen-bond acceptors (Lipinski definition) is 4. The van der Waals surface area contributed by atoms with Crippen molar-refractivity contribution in [3.8, 4) is 0 Å². The summed E-state index contributed by atoms with van der Waals surface area (Å²) < 4.78 is 5.08. The van der Waals surface area contributed by atoms with Gasteiger partial charge >= 0.3 is 0 Å². The molecule has 0 radical (unpaired) electrons. The standard InChI is InChI=1S/C13H20N2O3/c14-12-4-2-11(3-5-12)10-13(17)15-6-1-8-18-9-7-16/h2-5,16H,1,6-10,14H2,(H,15,17). The predicted molar refractivity (Wildman–Crippen MR) is 70.1 cm³/mol. The fraction of sp³-hybridized carbons (Fsp3) is 0.462. The smallest absolute Gasteiger partial charge is 0.224 e. The van der Waals surface area contributed by atoms with Gasteiger partial charge < -0.3 is 20.9 Å². The van der Waals surface area contributed by atoms with Gasteiger partial charge in [-0.25, -0.2) is 0 Å². The van der Waals surface area contributed by atoms with Crippen molar-refractivity contribution in [2.75, 3.05) is 32.1 Å². The number of benzene rings is 1. The minimum Gasteiger partial charge on any atom is -0.399 e. The van der Waals surface area contributed by atoms with Gasteiger partial charge in [0.05, 0.1) is 19.6 Å². The van der Waals surface area contributed by atoms with Crippen LogP contribution in [0.4, 0.5) is 5.69 Å². The number of hydrogen-bond donors (Lipinski definition) is 3. The first kappa shape index (κ1) is 14.5. The maximum Gasteiger partial charge on any atom is 0.224 e. The number of carbonyl (C=O) groups is 1. The maximum absolute atomic E-state index is 11.6. The van der Waals surface area contributed by atoms with E-state index in [0.29, 0.717) is 31.9 Å². The Kier molecular flexibility index (Phi) is 6.83. The maximum atomic E-state index is 11.6. The van der Waals surface area contributed by atoms with Crippen molar-refractivity contribution >= 4 is 11.6 Å². The molecule has 5 heteroatoms. The molecule has 18 heavy (non-hydrogen) atoms. The van der Waals surface area contributed by atoms with Gasteiger partial charge in [-0.1, -0.05) is 12.1 Å². The Bertz CT molecular complexity index is 352. The minimum atomic E-state index is -0.0121. The molecular weight excluding hydrogens is 232 g/mol. The van der Waals surface area contributed by atoms with Gasteiger partial charge in [0.2, 0.25) is 5.91 Å². The number of ether oxygens (including phenoxy) is 1. The first-order valence-corrected chi connectivity index (χ1v) is 6.02. The minimum absolute atomic E-state index is 0.0121. The lowest BCUT2D eigenvalue weighted by Crippen LogP contribution is -2.26. The molecule has 1 aromatic carbocycles. The Labute approximate surface area is 107 Å². The lowest BCUT2D eigenvalue weighted by Gasteiger charge is -2.06. The topological polar surface area (TPSA) is 84.6 Å². The fourth-order valence-electron chi connectivity index (χ4n) is 1.45. The Balaban J connectivity index is 2.12. The zero-order valence-corrected chi connectivity index (χ0v) is 10.4. The summed E-state index contributed by atoms with van der Waals surface area (Å²) in [7, 11) is 0. The molecule has 0 aliphatic rings. The molecule has 100 valence electrons. The van der Waals surface area contributed by atoms with E-state index in [2.05, 4.69) is 5.32 Å². The van der Waals surface area contributed by atoms with E-state index in [4.69, 9.17) is 15.6 Å². The van der Waals surface area contributed by atoms with Crippen LogP contribution in [0.15, 0.2) is 24.3 Å². The summed E-state index contributed by atoms with van der Waals surface area (Å²) in [5, 5.41) is 11.3. The Morgan fingerprint density at radius 3 is 2.67 bits per heavy atom. The summed E-state index contributed by atoms with van der Waals surface area (Å²) in [6.07, 6.45) is 1.10. The van der Waals surface area contributed by atoms with E-state index in [9.17, 15) is 4.79 Å².